The van der Waals surface area contributed by atoms with E-state index in [-0.39, 0.29) is 0 Å². The summed E-state index contributed by atoms with van der Waals surface area (Å²) >= 11 is 0. The van der Waals surface area contributed by atoms with Crippen LogP contribution in [0.4, 0.5) is 0 Å². The van der Waals surface area contributed by atoms with Crippen molar-refractivity contribution >= 4 is 22.1 Å². The van der Waals surface area contributed by atoms with Crippen LogP contribution in [0.3, 0.4) is 0 Å². The lowest BCUT2D eigenvalue weighted by Gasteiger charge is -2.07. The van der Waals surface area contributed by atoms with E-state index in [1.165, 1.54) is 5.56 Å². The average Bonchev–Trinajstić information content (AvgIpc) is 3.50. The third-order valence-electron chi connectivity index (χ3n) is 7.04. The van der Waals surface area contributed by atoms with Gasteiger partial charge in [-0.05, 0) is 36.8 Å². The maximum atomic E-state index is 6.32. The average molecular weight is 510 g/mol. The summed E-state index contributed by atoms with van der Waals surface area (Å²) < 4.78 is 10.5. The Kier molecular flexibility index (Phi) is 5.30. The largest absolute Gasteiger partial charge is 0.438 e. The van der Waals surface area contributed by atoms with Gasteiger partial charge < -0.3 is 4.42 Å². The SMILES string of the molecule is Cc1cc2c(cc1-c1n(C)cc[n+]1C)oc1nc(-c3nc(-c4ccccc4)nc(-c4ccccc4)n3)ccc12. The molecule has 0 bridgehead atoms. The number of hydrogen-bond donors (Lipinski definition) is 0. The molecule has 7 aromatic rings. The van der Waals surface area contributed by atoms with E-state index in [2.05, 4.69) is 28.2 Å². The summed E-state index contributed by atoms with van der Waals surface area (Å²) in [5.41, 5.74) is 6.10. The molecule has 7 heteroatoms. The van der Waals surface area contributed by atoms with Gasteiger partial charge in [-0.3, -0.25) is 0 Å². The van der Waals surface area contributed by atoms with Crippen molar-refractivity contribution in [2.75, 3.05) is 0 Å². The van der Waals surface area contributed by atoms with Crippen molar-refractivity contribution < 1.29 is 8.98 Å². The van der Waals surface area contributed by atoms with Crippen molar-refractivity contribution in [2.24, 2.45) is 14.1 Å². The van der Waals surface area contributed by atoms with Gasteiger partial charge in [-0.1, -0.05) is 60.7 Å². The van der Waals surface area contributed by atoms with Crippen LogP contribution in [0.1, 0.15) is 5.56 Å². The number of aryl methyl sites for hydroxylation is 3. The van der Waals surface area contributed by atoms with Gasteiger partial charge in [0.25, 0.3) is 5.82 Å². The molecule has 4 heterocycles. The molecular weight excluding hydrogens is 484 g/mol. The molecule has 3 aromatic carbocycles. The lowest BCUT2D eigenvalue weighted by atomic mass is 10.0. The predicted octanol–water partition coefficient (Wildman–Crippen LogP) is 6.31. The molecule has 0 aliphatic rings. The van der Waals surface area contributed by atoms with Crippen LogP contribution in [0.25, 0.3) is 67.8 Å². The summed E-state index contributed by atoms with van der Waals surface area (Å²) in [4.78, 5) is 19.3. The van der Waals surface area contributed by atoms with Crippen LogP contribution in [0.5, 0.6) is 0 Å². The second-order valence-corrected chi connectivity index (χ2v) is 9.70. The first-order valence-corrected chi connectivity index (χ1v) is 12.8. The molecule has 0 spiro atoms. The van der Waals surface area contributed by atoms with Crippen molar-refractivity contribution in [3.63, 3.8) is 0 Å². The first-order valence-electron chi connectivity index (χ1n) is 12.8. The van der Waals surface area contributed by atoms with Crippen LogP contribution in [0, 0.1) is 6.92 Å². The minimum atomic E-state index is 0.498. The molecular formula is C32H25N6O+. The Bertz CT molecular complexity index is 1910. The Morgan fingerprint density at radius 3 is 1.97 bits per heavy atom. The minimum absolute atomic E-state index is 0.498. The van der Waals surface area contributed by atoms with Crippen LogP contribution in [0.15, 0.2) is 102 Å². The van der Waals surface area contributed by atoms with E-state index >= 15 is 0 Å². The molecule has 7 nitrogen and oxygen atoms in total. The van der Waals surface area contributed by atoms with Crippen LogP contribution in [-0.2, 0) is 14.1 Å². The summed E-state index contributed by atoms with van der Waals surface area (Å²) in [5, 5.41) is 1.99. The summed E-state index contributed by atoms with van der Waals surface area (Å²) in [7, 11) is 4.10. The monoisotopic (exact) mass is 509 g/mol. The first-order chi connectivity index (χ1) is 19.0. The third kappa shape index (κ3) is 3.95. The fourth-order valence-corrected chi connectivity index (χ4v) is 5.07. The Morgan fingerprint density at radius 2 is 1.36 bits per heavy atom. The zero-order valence-corrected chi connectivity index (χ0v) is 21.8. The number of nitrogens with zero attached hydrogens (tertiary/aromatic N) is 6. The lowest BCUT2D eigenvalue weighted by Crippen LogP contribution is -2.29. The molecule has 0 fully saturated rings. The topological polar surface area (TPSA) is 73.5 Å². The van der Waals surface area contributed by atoms with Gasteiger partial charge in [0, 0.05) is 21.9 Å². The standard InChI is InChI=1S/C32H25N6O/c1-20-18-25-23-14-15-26(33-31(23)39-27(25)19-24(20)32-37(2)16-17-38(32)3)30-35-28(21-10-6-4-7-11-21)34-29(36-30)22-12-8-5-9-13-22/h4-19H,1-3H3/q+1. The van der Waals surface area contributed by atoms with Gasteiger partial charge in [0.15, 0.2) is 17.5 Å². The Hall–Kier alpha value is -5.17. The highest BCUT2D eigenvalue weighted by Gasteiger charge is 2.21. The Balaban J connectivity index is 1.39. The number of benzene rings is 3. The number of furan rings is 1. The van der Waals surface area contributed by atoms with Crippen molar-refractivity contribution in [1.29, 1.82) is 0 Å². The highest BCUT2D eigenvalue weighted by molar-refractivity contribution is 6.05. The smallest absolute Gasteiger partial charge is 0.288 e. The number of imidazole rings is 1. The molecule has 7 rings (SSSR count). The maximum absolute atomic E-state index is 6.32. The second kappa shape index (κ2) is 8.99. The highest BCUT2D eigenvalue weighted by Crippen LogP contribution is 2.34. The van der Waals surface area contributed by atoms with Gasteiger partial charge in [-0.15, -0.1) is 0 Å². The quantitative estimate of drug-likeness (QED) is 0.260. The molecule has 0 saturated heterocycles. The van der Waals surface area contributed by atoms with E-state index in [9.17, 15) is 0 Å². The molecule has 4 aromatic heterocycles. The van der Waals surface area contributed by atoms with E-state index in [4.69, 9.17) is 24.4 Å². The zero-order valence-electron chi connectivity index (χ0n) is 21.8. The zero-order chi connectivity index (χ0) is 26.5. The van der Waals surface area contributed by atoms with Crippen LogP contribution in [0.2, 0.25) is 0 Å². The molecule has 188 valence electrons. The van der Waals surface area contributed by atoms with Gasteiger partial charge in [-0.2, -0.15) is 0 Å². The fraction of sp³-hybridized carbons (Fsp3) is 0.0938. The second-order valence-electron chi connectivity index (χ2n) is 9.70. The van der Waals surface area contributed by atoms with E-state index in [1.807, 2.05) is 99.3 Å². The van der Waals surface area contributed by atoms with Gasteiger partial charge in [-0.25, -0.2) is 29.1 Å². The highest BCUT2D eigenvalue weighted by atomic mass is 16.3. The van der Waals surface area contributed by atoms with Crippen LogP contribution < -0.4 is 4.57 Å². The molecule has 0 unspecified atom stereocenters. The van der Waals surface area contributed by atoms with Gasteiger partial charge in [0.2, 0.25) is 5.71 Å². The summed E-state index contributed by atoms with van der Waals surface area (Å²) in [6.07, 6.45) is 4.10. The molecule has 0 aliphatic heterocycles. The minimum Gasteiger partial charge on any atom is -0.438 e. The van der Waals surface area contributed by atoms with Crippen LogP contribution >= 0.6 is 0 Å². The summed E-state index contributed by atoms with van der Waals surface area (Å²) in [5.74, 6) is 2.80. The maximum Gasteiger partial charge on any atom is 0.288 e. The number of aromatic nitrogens is 6. The lowest BCUT2D eigenvalue weighted by molar-refractivity contribution is -0.659. The third-order valence-corrected chi connectivity index (χ3v) is 7.04. The molecule has 39 heavy (non-hydrogen) atoms. The fourth-order valence-electron chi connectivity index (χ4n) is 5.07. The number of pyridine rings is 1. The molecule has 0 radical (unpaired) electrons. The van der Waals surface area contributed by atoms with Crippen molar-refractivity contribution in [3.8, 4) is 45.7 Å². The van der Waals surface area contributed by atoms with Crippen LogP contribution in [-0.4, -0.2) is 24.5 Å². The Morgan fingerprint density at radius 1 is 0.718 bits per heavy atom. The number of rotatable bonds is 4. The normalized spacial score (nSPS) is 11.5. The molecule has 0 atom stereocenters. The number of fused-ring (bicyclic) bond motifs is 3. The van der Waals surface area contributed by atoms with Gasteiger partial charge in [0.05, 0.1) is 19.7 Å². The Labute approximate surface area is 225 Å². The molecule has 0 N–H and O–H groups in total. The first kappa shape index (κ1) is 23.0. The van der Waals surface area contributed by atoms with Gasteiger partial charge >= 0.3 is 0 Å². The van der Waals surface area contributed by atoms with Gasteiger partial charge in [0.1, 0.15) is 23.7 Å². The van der Waals surface area contributed by atoms with Crippen molar-refractivity contribution in [2.45, 2.75) is 6.92 Å². The molecule has 0 aliphatic carbocycles. The molecule has 0 saturated carbocycles. The van der Waals surface area contributed by atoms with E-state index in [1.54, 1.807) is 0 Å². The number of hydrogen-bond acceptors (Lipinski definition) is 5. The summed E-state index contributed by atoms with van der Waals surface area (Å²) in [6, 6.07) is 28.1. The van der Waals surface area contributed by atoms with Crippen molar-refractivity contribution in [1.82, 2.24) is 24.5 Å². The van der Waals surface area contributed by atoms with E-state index in [0.717, 1.165) is 38.9 Å². The molecule has 0 amide bonds. The predicted molar refractivity (Wildman–Crippen MR) is 152 cm³/mol. The summed E-state index contributed by atoms with van der Waals surface area (Å²) in [6.45, 7) is 2.13. The van der Waals surface area contributed by atoms with E-state index < -0.39 is 0 Å². The van der Waals surface area contributed by atoms with E-state index in [0.29, 0.717) is 28.9 Å². The van der Waals surface area contributed by atoms with Crippen molar-refractivity contribution in [3.05, 3.63) is 103 Å².